The maximum Gasteiger partial charge on any atom is 0.214 e. The number of hydrogen-bond donors (Lipinski definition) is 1. The summed E-state index contributed by atoms with van der Waals surface area (Å²) >= 11 is 0. The van der Waals surface area contributed by atoms with Gasteiger partial charge in [0.25, 0.3) is 0 Å². The fraction of sp³-hybridized carbons (Fsp3) is 0.385. The number of rotatable bonds is 10. The number of β-amino-alcohol motifs (C(OH)–C–C–N with tert-alkyl or cyclic N) is 1. The van der Waals surface area contributed by atoms with Crippen LogP contribution in [0, 0.1) is 5.82 Å². The molecular weight excluding hydrogens is 435 g/mol. The van der Waals surface area contributed by atoms with Crippen molar-refractivity contribution in [3.8, 4) is 5.75 Å². The van der Waals surface area contributed by atoms with Crippen LogP contribution in [-0.4, -0.2) is 79.2 Å². The average Bonchev–Trinajstić information content (AvgIpc) is 2.86. The lowest BCUT2D eigenvalue weighted by Crippen LogP contribution is -2.48. The van der Waals surface area contributed by atoms with Crippen molar-refractivity contribution in [3.05, 3.63) is 66.1 Å². The van der Waals surface area contributed by atoms with Gasteiger partial charge in [-0.15, -0.1) is 0 Å². The van der Waals surface area contributed by atoms with E-state index in [9.17, 15) is 14.3 Å². The Morgan fingerprint density at radius 1 is 1.15 bits per heavy atom. The molecule has 180 valence electrons. The Balaban J connectivity index is 1.26. The smallest absolute Gasteiger partial charge is 0.214 e. The zero-order chi connectivity index (χ0) is 23.9. The third kappa shape index (κ3) is 5.88. The molecule has 3 aromatic rings. The van der Waals surface area contributed by atoms with Crippen LogP contribution < -0.4 is 9.64 Å². The monoisotopic (exact) mass is 466 g/mol. The number of halogens is 1. The SMILES string of the molecule is COc1ccc2nccc([C@@H](O)CN3CCN(CCCN(C=O)c4cccc(F)c4)CC3)c2c1. The first kappa shape index (κ1) is 24.1. The zero-order valence-electron chi connectivity index (χ0n) is 19.4. The second kappa shape index (κ2) is 11.4. The van der Waals surface area contributed by atoms with Gasteiger partial charge < -0.3 is 19.6 Å². The van der Waals surface area contributed by atoms with Crippen LogP contribution in [0.3, 0.4) is 0 Å². The van der Waals surface area contributed by atoms with Crippen molar-refractivity contribution in [2.24, 2.45) is 0 Å². The number of carbonyl (C=O) groups is 1. The van der Waals surface area contributed by atoms with Crippen LogP contribution in [0.2, 0.25) is 0 Å². The van der Waals surface area contributed by atoms with Crippen molar-refractivity contribution in [1.29, 1.82) is 0 Å². The number of hydrogen-bond acceptors (Lipinski definition) is 6. The molecule has 0 spiro atoms. The second-order valence-electron chi connectivity index (χ2n) is 8.57. The van der Waals surface area contributed by atoms with E-state index in [0.717, 1.165) is 67.8 Å². The molecule has 34 heavy (non-hydrogen) atoms. The number of fused-ring (bicyclic) bond motifs is 1. The van der Waals surface area contributed by atoms with Gasteiger partial charge in [0.15, 0.2) is 0 Å². The van der Waals surface area contributed by atoms with Crippen molar-refractivity contribution in [2.45, 2.75) is 12.5 Å². The highest BCUT2D eigenvalue weighted by atomic mass is 19.1. The number of anilines is 1. The van der Waals surface area contributed by atoms with Gasteiger partial charge in [-0.2, -0.15) is 0 Å². The van der Waals surface area contributed by atoms with Gasteiger partial charge in [-0.1, -0.05) is 6.07 Å². The topological polar surface area (TPSA) is 69.1 Å². The lowest BCUT2D eigenvalue weighted by Gasteiger charge is -2.36. The minimum Gasteiger partial charge on any atom is -0.497 e. The van der Waals surface area contributed by atoms with E-state index in [4.69, 9.17) is 4.74 Å². The van der Waals surface area contributed by atoms with Crippen LogP contribution in [0.15, 0.2) is 54.7 Å². The first-order valence-corrected chi connectivity index (χ1v) is 11.6. The summed E-state index contributed by atoms with van der Waals surface area (Å²) in [5.74, 6) is 0.398. The third-order valence-electron chi connectivity index (χ3n) is 6.38. The number of aliphatic hydroxyl groups is 1. The van der Waals surface area contributed by atoms with Crippen molar-refractivity contribution >= 4 is 23.0 Å². The number of aromatic nitrogens is 1. The Morgan fingerprint density at radius 3 is 2.68 bits per heavy atom. The molecule has 2 heterocycles. The Morgan fingerprint density at radius 2 is 1.94 bits per heavy atom. The zero-order valence-corrected chi connectivity index (χ0v) is 19.4. The first-order valence-electron chi connectivity index (χ1n) is 11.6. The number of amides is 1. The maximum absolute atomic E-state index is 13.4. The molecule has 0 saturated carbocycles. The van der Waals surface area contributed by atoms with E-state index in [1.54, 1.807) is 30.3 Å². The Hall–Kier alpha value is -3.07. The normalized spacial score (nSPS) is 15.9. The number of aliphatic hydroxyl groups excluding tert-OH is 1. The van der Waals surface area contributed by atoms with Gasteiger partial charge in [0.1, 0.15) is 11.6 Å². The molecule has 4 rings (SSSR count). The number of methoxy groups -OCH3 is 1. The molecule has 0 unspecified atom stereocenters. The Labute approximate surface area is 199 Å². The van der Waals surface area contributed by atoms with Gasteiger partial charge in [0, 0.05) is 56.5 Å². The number of pyridine rings is 1. The molecule has 1 amide bonds. The summed E-state index contributed by atoms with van der Waals surface area (Å²) in [5.41, 5.74) is 2.28. The Kier molecular flexibility index (Phi) is 8.05. The predicted molar refractivity (Wildman–Crippen MR) is 131 cm³/mol. The summed E-state index contributed by atoms with van der Waals surface area (Å²) in [7, 11) is 1.63. The van der Waals surface area contributed by atoms with Crippen LogP contribution in [-0.2, 0) is 4.79 Å². The lowest BCUT2D eigenvalue weighted by molar-refractivity contribution is -0.107. The first-order chi connectivity index (χ1) is 16.6. The van der Waals surface area contributed by atoms with E-state index in [1.165, 1.54) is 12.1 Å². The molecule has 1 atom stereocenters. The van der Waals surface area contributed by atoms with Gasteiger partial charge in [-0.05, 0) is 61.0 Å². The summed E-state index contributed by atoms with van der Waals surface area (Å²) in [6.07, 6.45) is 2.68. The number of benzene rings is 2. The quantitative estimate of drug-likeness (QED) is 0.463. The summed E-state index contributed by atoms with van der Waals surface area (Å²) in [5, 5.41) is 11.9. The molecule has 0 aliphatic carbocycles. The molecule has 1 saturated heterocycles. The molecule has 1 aliphatic heterocycles. The fourth-order valence-corrected chi connectivity index (χ4v) is 4.46. The van der Waals surface area contributed by atoms with Crippen LogP contribution in [0.5, 0.6) is 5.75 Å². The number of ether oxygens (including phenoxy) is 1. The molecule has 1 fully saturated rings. The van der Waals surface area contributed by atoms with E-state index in [-0.39, 0.29) is 5.82 Å². The summed E-state index contributed by atoms with van der Waals surface area (Å²) in [6.45, 7) is 5.50. The van der Waals surface area contributed by atoms with Crippen LogP contribution in [0.4, 0.5) is 10.1 Å². The van der Waals surface area contributed by atoms with E-state index < -0.39 is 6.10 Å². The summed E-state index contributed by atoms with van der Waals surface area (Å²) in [4.78, 5) is 22.0. The van der Waals surface area contributed by atoms with Crippen molar-refractivity contribution in [3.63, 3.8) is 0 Å². The summed E-state index contributed by atoms with van der Waals surface area (Å²) < 4.78 is 18.8. The highest BCUT2D eigenvalue weighted by Gasteiger charge is 2.21. The van der Waals surface area contributed by atoms with Gasteiger partial charge in [-0.3, -0.25) is 14.7 Å². The van der Waals surface area contributed by atoms with Gasteiger partial charge in [0.2, 0.25) is 6.41 Å². The van der Waals surface area contributed by atoms with E-state index in [1.807, 2.05) is 24.3 Å². The molecule has 7 nitrogen and oxygen atoms in total. The average molecular weight is 467 g/mol. The predicted octanol–water partition coefficient (Wildman–Crippen LogP) is 3.09. The second-order valence-corrected chi connectivity index (χ2v) is 8.57. The maximum atomic E-state index is 13.4. The minimum absolute atomic E-state index is 0.346. The minimum atomic E-state index is -0.614. The molecule has 8 heteroatoms. The number of carbonyl (C=O) groups excluding carboxylic acids is 1. The number of piperazine rings is 1. The highest BCUT2D eigenvalue weighted by molar-refractivity contribution is 5.83. The molecule has 1 aliphatic rings. The molecule has 2 aromatic carbocycles. The largest absolute Gasteiger partial charge is 0.497 e. The molecule has 1 N–H and O–H groups in total. The van der Waals surface area contributed by atoms with E-state index in [2.05, 4.69) is 14.8 Å². The van der Waals surface area contributed by atoms with E-state index in [0.29, 0.717) is 18.8 Å². The van der Waals surface area contributed by atoms with Crippen LogP contribution in [0.1, 0.15) is 18.1 Å². The highest BCUT2D eigenvalue weighted by Crippen LogP contribution is 2.27. The molecular formula is C26H31FN4O3. The van der Waals surface area contributed by atoms with Crippen molar-refractivity contribution in [1.82, 2.24) is 14.8 Å². The molecule has 0 radical (unpaired) electrons. The van der Waals surface area contributed by atoms with Crippen LogP contribution >= 0.6 is 0 Å². The Bertz CT molecular complexity index is 1100. The standard InChI is InChI=1S/C26H31FN4O3/c1-34-22-6-7-25-24(17-22)23(8-9-28-25)26(33)18-30-14-12-29(13-15-30)10-3-11-31(19-32)21-5-2-4-20(27)16-21/h2,4-9,16-17,19,26,33H,3,10-15,18H2,1H3/t26-/m0/s1. The molecule has 0 bridgehead atoms. The third-order valence-corrected chi connectivity index (χ3v) is 6.38. The van der Waals surface area contributed by atoms with Crippen molar-refractivity contribution < 1.29 is 19.0 Å². The summed E-state index contributed by atoms with van der Waals surface area (Å²) in [6, 6.07) is 13.7. The fourth-order valence-electron chi connectivity index (χ4n) is 4.46. The van der Waals surface area contributed by atoms with Gasteiger partial charge in [0.05, 0.1) is 18.7 Å². The van der Waals surface area contributed by atoms with Crippen molar-refractivity contribution in [2.75, 3.05) is 57.8 Å². The van der Waals surface area contributed by atoms with Gasteiger partial charge in [-0.25, -0.2) is 4.39 Å². The lowest BCUT2D eigenvalue weighted by atomic mass is 10.0. The number of nitrogens with zero attached hydrogens (tertiary/aromatic N) is 4. The van der Waals surface area contributed by atoms with Crippen LogP contribution in [0.25, 0.3) is 10.9 Å². The molecule has 1 aromatic heterocycles. The van der Waals surface area contributed by atoms with E-state index >= 15 is 0 Å². The van der Waals surface area contributed by atoms with Gasteiger partial charge >= 0.3 is 0 Å².